The van der Waals surface area contributed by atoms with E-state index < -0.39 is 0 Å². The second-order valence-electron chi connectivity index (χ2n) is 2.95. The summed E-state index contributed by atoms with van der Waals surface area (Å²) in [6.45, 7) is 6.07. The highest BCUT2D eigenvalue weighted by atomic mass is 32.1. The molecule has 16 heavy (non-hydrogen) atoms. The van der Waals surface area contributed by atoms with Crippen molar-refractivity contribution in [1.82, 2.24) is 4.98 Å². The third-order valence-corrected chi connectivity index (χ3v) is 2.49. The molecule has 0 atom stereocenters. The van der Waals surface area contributed by atoms with Gasteiger partial charge in [0.05, 0.1) is 0 Å². The summed E-state index contributed by atoms with van der Waals surface area (Å²) in [6, 6.07) is 8.17. The molecule has 0 unspecified atom stereocenters. The van der Waals surface area contributed by atoms with Crippen LogP contribution in [0.15, 0.2) is 35.8 Å². The second kappa shape index (κ2) is 6.81. The normalized spacial score (nSPS) is 8.44. The summed E-state index contributed by atoms with van der Waals surface area (Å²) in [7, 11) is 0. The summed E-state index contributed by atoms with van der Waals surface area (Å²) in [5.74, 6) is 6.09. The van der Waals surface area contributed by atoms with Gasteiger partial charge in [0.2, 0.25) is 0 Å². The molecule has 1 aromatic carbocycles. The molecule has 0 aliphatic carbocycles. The molecule has 0 saturated heterocycles. The highest BCUT2D eigenvalue weighted by Crippen LogP contribution is 2.04. The lowest BCUT2D eigenvalue weighted by molar-refractivity contribution is 1.39. The van der Waals surface area contributed by atoms with Gasteiger partial charge in [-0.3, -0.25) is 0 Å². The van der Waals surface area contributed by atoms with Gasteiger partial charge in [0.15, 0.2) is 5.01 Å². The van der Waals surface area contributed by atoms with Crippen molar-refractivity contribution < 1.29 is 0 Å². The first kappa shape index (κ1) is 12.5. The van der Waals surface area contributed by atoms with Crippen molar-refractivity contribution in [3.63, 3.8) is 0 Å². The number of nitrogens with zero attached hydrogens (tertiary/aromatic N) is 1. The standard InChI is InChI=1S/C12H9NS.C2H6/c1-10-2-4-11(5-3-10)6-7-12-13-8-9-14-12;1-2/h2-5,8-9H,1H3;1-2H3. The van der Waals surface area contributed by atoms with Crippen LogP contribution in [0, 0.1) is 18.8 Å². The quantitative estimate of drug-likeness (QED) is 0.625. The summed E-state index contributed by atoms with van der Waals surface area (Å²) in [5.41, 5.74) is 2.29. The van der Waals surface area contributed by atoms with E-state index in [-0.39, 0.29) is 0 Å². The molecule has 0 N–H and O–H groups in total. The van der Waals surface area contributed by atoms with Crippen LogP contribution in [0.4, 0.5) is 0 Å². The van der Waals surface area contributed by atoms with Crippen LogP contribution < -0.4 is 0 Å². The Morgan fingerprint density at radius 3 is 2.31 bits per heavy atom. The number of thiazole rings is 1. The van der Waals surface area contributed by atoms with Gasteiger partial charge in [-0.15, -0.1) is 11.3 Å². The average molecular weight is 229 g/mol. The molecule has 1 nitrogen and oxygen atoms in total. The summed E-state index contributed by atoms with van der Waals surface area (Å²) in [6.07, 6.45) is 1.77. The molecule has 0 spiro atoms. The zero-order valence-electron chi connectivity index (χ0n) is 9.82. The molecule has 1 heterocycles. The minimum absolute atomic E-state index is 0.866. The fourth-order valence-corrected chi connectivity index (χ4v) is 1.53. The van der Waals surface area contributed by atoms with E-state index in [2.05, 4.69) is 35.9 Å². The van der Waals surface area contributed by atoms with Crippen molar-refractivity contribution in [2.75, 3.05) is 0 Å². The summed E-state index contributed by atoms with van der Waals surface area (Å²) < 4.78 is 0. The molecular weight excluding hydrogens is 214 g/mol. The van der Waals surface area contributed by atoms with E-state index in [9.17, 15) is 0 Å². The SMILES string of the molecule is CC.Cc1ccc(C#Cc2nccs2)cc1. The van der Waals surface area contributed by atoms with E-state index in [1.807, 2.05) is 31.4 Å². The fourth-order valence-electron chi connectivity index (χ4n) is 1.05. The lowest BCUT2D eigenvalue weighted by Crippen LogP contribution is -1.75. The van der Waals surface area contributed by atoms with Gasteiger partial charge < -0.3 is 0 Å². The van der Waals surface area contributed by atoms with Gasteiger partial charge in [-0.05, 0) is 25.0 Å². The average Bonchev–Trinajstić information content (AvgIpc) is 2.84. The van der Waals surface area contributed by atoms with Crippen LogP contribution in [0.3, 0.4) is 0 Å². The number of benzene rings is 1. The predicted molar refractivity (Wildman–Crippen MR) is 70.6 cm³/mol. The Morgan fingerprint density at radius 1 is 1.06 bits per heavy atom. The first-order valence-electron chi connectivity index (χ1n) is 5.33. The Labute approximate surface area is 101 Å². The van der Waals surface area contributed by atoms with Gasteiger partial charge in [-0.2, -0.15) is 0 Å². The van der Waals surface area contributed by atoms with Crippen LogP contribution in [-0.2, 0) is 0 Å². The van der Waals surface area contributed by atoms with Crippen molar-refractivity contribution in [2.24, 2.45) is 0 Å². The number of rotatable bonds is 0. The molecular formula is C14H15NS. The predicted octanol–water partition coefficient (Wildman–Crippen LogP) is 3.88. The molecule has 2 aromatic rings. The van der Waals surface area contributed by atoms with Crippen molar-refractivity contribution in [3.05, 3.63) is 52.0 Å². The van der Waals surface area contributed by atoms with Gasteiger partial charge in [-0.25, -0.2) is 4.98 Å². The van der Waals surface area contributed by atoms with Gasteiger partial charge in [0.1, 0.15) is 0 Å². The van der Waals surface area contributed by atoms with Crippen LogP contribution in [-0.4, -0.2) is 4.98 Å². The molecule has 0 bridgehead atoms. The van der Waals surface area contributed by atoms with E-state index in [4.69, 9.17) is 0 Å². The van der Waals surface area contributed by atoms with E-state index in [0.29, 0.717) is 0 Å². The summed E-state index contributed by atoms with van der Waals surface area (Å²) >= 11 is 1.56. The third kappa shape index (κ3) is 3.88. The smallest absolute Gasteiger partial charge is 0.167 e. The molecule has 2 heteroatoms. The Balaban J connectivity index is 0.000000606. The molecule has 0 aliphatic heterocycles. The van der Waals surface area contributed by atoms with Gasteiger partial charge in [0.25, 0.3) is 0 Å². The summed E-state index contributed by atoms with van der Waals surface area (Å²) in [5, 5.41) is 2.80. The molecule has 1 aromatic heterocycles. The van der Waals surface area contributed by atoms with Crippen LogP contribution in [0.5, 0.6) is 0 Å². The van der Waals surface area contributed by atoms with E-state index in [0.717, 1.165) is 10.6 Å². The molecule has 0 saturated carbocycles. The van der Waals surface area contributed by atoms with Crippen LogP contribution in [0.25, 0.3) is 0 Å². The second-order valence-corrected chi connectivity index (χ2v) is 3.85. The van der Waals surface area contributed by atoms with Crippen LogP contribution in [0.2, 0.25) is 0 Å². The Kier molecular flexibility index (Phi) is 5.31. The van der Waals surface area contributed by atoms with E-state index >= 15 is 0 Å². The van der Waals surface area contributed by atoms with Gasteiger partial charge >= 0.3 is 0 Å². The number of hydrogen-bond acceptors (Lipinski definition) is 2. The molecule has 0 aliphatic rings. The van der Waals surface area contributed by atoms with Crippen LogP contribution >= 0.6 is 11.3 Å². The van der Waals surface area contributed by atoms with E-state index in [1.165, 1.54) is 5.56 Å². The molecule has 0 amide bonds. The fraction of sp³-hybridized carbons (Fsp3) is 0.214. The van der Waals surface area contributed by atoms with Crippen molar-refractivity contribution in [2.45, 2.75) is 20.8 Å². The van der Waals surface area contributed by atoms with Gasteiger partial charge in [-0.1, -0.05) is 37.5 Å². The topological polar surface area (TPSA) is 12.9 Å². The Bertz CT molecular complexity index is 458. The number of aryl methyl sites for hydroxylation is 1. The minimum Gasteiger partial charge on any atom is -0.236 e. The van der Waals surface area contributed by atoms with E-state index in [1.54, 1.807) is 17.5 Å². The third-order valence-electron chi connectivity index (χ3n) is 1.80. The first-order chi connectivity index (χ1) is 7.84. The van der Waals surface area contributed by atoms with Crippen molar-refractivity contribution in [1.29, 1.82) is 0 Å². The van der Waals surface area contributed by atoms with Crippen LogP contribution in [0.1, 0.15) is 30.0 Å². The maximum absolute atomic E-state index is 4.09. The molecule has 2 rings (SSSR count). The zero-order chi connectivity index (χ0) is 11.8. The molecule has 0 radical (unpaired) electrons. The zero-order valence-corrected chi connectivity index (χ0v) is 10.6. The molecule has 82 valence electrons. The minimum atomic E-state index is 0.866. The maximum Gasteiger partial charge on any atom is 0.167 e. The maximum atomic E-state index is 4.09. The largest absolute Gasteiger partial charge is 0.236 e. The monoisotopic (exact) mass is 229 g/mol. The lowest BCUT2D eigenvalue weighted by atomic mass is 10.2. The van der Waals surface area contributed by atoms with Gasteiger partial charge in [0, 0.05) is 17.1 Å². The highest BCUT2D eigenvalue weighted by Gasteiger charge is 1.88. The highest BCUT2D eigenvalue weighted by molar-refractivity contribution is 7.10. The Morgan fingerprint density at radius 2 is 1.75 bits per heavy atom. The molecule has 0 fully saturated rings. The van der Waals surface area contributed by atoms with Crippen molar-refractivity contribution >= 4 is 11.3 Å². The lowest BCUT2D eigenvalue weighted by Gasteiger charge is -1.90. The van der Waals surface area contributed by atoms with Crippen molar-refractivity contribution in [3.8, 4) is 11.8 Å². The number of hydrogen-bond donors (Lipinski definition) is 0. The summed E-state index contributed by atoms with van der Waals surface area (Å²) in [4.78, 5) is 4.09. The first-order valence-corrected chi connectivity index (χ1v) is 6.21. The number of aromatic nitrogens is 1. The Hall–Kier alpha value is -1.59.